The zero-order valence-corrected chi connectivity index (χ0v) is 17.4. The zero-order valence-electron chi connectivity index (χ0n) is 16.6. The largest absolute Gasteiger partial charge is 0.361 e. The summed E-state index contributed by atoms with van der Waals surface area (Å²) < 4.78 is 5.21. The number of carbonyl (C=O) groups is 2. The molecular weight excluding hydrogens is 386 g/mol. The van der Waals surface area contributed by atoms with Crippen LogP contribution in [0.15, 0.2) is 57.9 Å². The molecule has 3 rings (SSSR count). The second-order valence-electron chi connectivity index (χ2n) is 6.52. The number of anilines is 2. The highest BCUT2D eigenvalue weighted by molar-refractivity contribution is 7.98. The quantitative estimate of drug-likeness (QED) is 0.525. The van der Waals surface area contributed by atoms with Gasteiger partial charge in [-0.05, 0) is 44.2 Å². The minimum atomic E-state index is -0.203. The highest BCUT2D eigenvalue weighted by Crippen LogP contribution is 2.29. The molecular formula is C22H23N3O3S. The fourth-order valence-corrected chi connectivity index (χ4v) is 3.96. The Kier molecular flexibility index (Phi) is 6.72. The Balaban J connectivity index is 1.73. The van der Waals surface area contributed by atoms with Crippen molar-refractivity contribution in [2.24, 2.45) is 0 Å². The topological polar surface area (TPSA) is 84.2 Å². The maximum absolute atomic E-state index is 12.9. The van der Waals surface area contributed by atoms with Crippen molar-refractivity contribution in [1.82, 2.24) is 5.16 Å². The molecule has 0 radical (unpaired) electrons. The summed E-state index contributed by atoms with van der Waals surface area (Å²) in [5.74, 6) is 1.19. The van der Waals surface area contributed by atoms with E-state index in [1.54, 1.807) is 49.0 Å². The van der Waals surface area contributed by atoms with Crippen molar-refractivity contribution < 1.29 is 14.1 Å². The molecule has 0 aliphatic rings. The highest BCUT2D eigenvalue weighted by Gasteiger charge is 2.15. The monoisotopic (exact) mass is 409 g/mol. The van der Waals surface area contributed by atoms with Gasteiger partial charge < -0.3 is 15.2 Å². The maximum atomic E-state index is 12.9. The number of rotatable bonds is 7. The molecule has 0 bridgehead atoms. The van der Waals surface area contributed by atoms with Crippen molar-refractivity contribution in [2.45, 2.75) is 37.8 Å². The van der Waals surface area contributed by atoms with Gasteiger partial charge in [-0.1, -0.05) is 30.3 Å². The molecule has 0 saturated carbocycles. The second-order valence-corrected chi connectivity index (χ2v) is 7.54. The number of nitrogens with one attached hydrogen (secondary N) is 2. The lowest BCUT2D eigenvalue weighted by molar-refractivity contribution is -0.115. The molecule has 6 nitrogen and oxygen atoms in total. The molecule has 2 aromatic carbocycles. The number of benzene rings is 2. The predicted molar refractivity (Wildman–Crippen MR) is 115 cm³/mol. The number of hydrogen-bond donors (Lipinski definition) is 2. The molecule has 3 aromatic rings. The lowest BCUT2D eigenvalue weighted by Crippen LogP contribution is -2.14. The summed E-state index contributed by atoms with van der Waals surface area (Å²) in [6.45, 7) is 5.59. The van der Waals surface area contributed by atoms with Crippen molar-refractivity contribution in [3.05, 3.63) is 71.1 Å². The van der Waals surface area contributed by atoms with Crippen LogP contribution in [-0.4, -0.2) is 17.0 Å². The van der Waals surface area contributed by atoms with Crippen LogP contribution in [0.4, 0.5) is 11.4 Å². The number of thioether (sulfide) groups is 1. The Hall–Kier alpha value is -3.06. The summed E-state index contributed by atoms with van der Waals surface area (Å²) in [4.78, 5) is 25.3. The van der Waals surface area contributed by atoms with Gasteiger partial charge in [0.2, 0.25) is 5.91 Å². The van der Waals surface area contributed by atoms with Crippen molar-refractivity contribution in [3.8, 4) is 0 Å². The SMILES string of the molecule is CCC(=O)Nc1cccc(NC(=O)c2ccccc2SCc2c(C)noc2C)c1. The van der Waals surface area contributed by atoms with E-state index in [2.05, 4.69) is 15.8 Å². The second kappa shape index (κ2) is 9.43. The Morgan fingerprint density at radius 3 is 2.45 bits per heavy atom. The summed E-state index contributed by atoms with van der Waals surface area (Å²) in [5.41, 5.74) is 3.77. The number of aryl methyl sites for hydroxylation is 2. The molecule has 0 aliphatic carbocycles. The number of aromatic nitrogens is 1. The third kappa shape index (κ3) is 5.26. The van der Waals surface area contributed by atoms with Crippen LogP contribution < -0.4 is 10.6 Å². The maximum Gasteiger partial charge on any atom is 0.256 e. The van der Waals surface area contributed by atoms with Crippen LogP contribution in [0.1, 0.15) is 40.7 Å². The summed E-state index contributed by atoms with van der Waals surface area (Å²) >= 11 is 1.57. The van der Waals surface area contributed by atoms with Crippen LogP contribution >= 0.6 is 11.8 Å². The molecule has 150 valence electrons. The van der Waals surface area contributed by atoms with E-state index in [9.17, 15) is 9.59 Å². The lowest BCUT2D eigenvalue weighted by atomic mass is 10.2. The van der Waals surface area contributed by atoms with E-state index in [4.69, 9.17) is 4.52 Å². The Bertz CT molecular complexity index is 1010. The summed E-state index contributed by atoms with van der Waals surface area (Å²) in [6.07, 6.45) is 0.395. The van der Waals surface area contributed by atoms with E-state index in [0.29, 0.717) is 29.1 Å². The van der Waals surface area contributed by atoms with Crippen LogP contribution in [0.2, 0.25) is 0 Å². The normalized spacial score (nSPS) is 10.6. The number of carbonyl (C=O) groups excluding carboxylic acids is 2. The standard InChI is InChI=1S/C22H23N3O3S/c1-4-21(26)23-16-8-7-9-17(12-16)24-22(27)18-10-5-6-11-20(18)29-13-19-14(2)25-28-15(19)3/h5-12H,4,13H2,1-3H3,(H,23,26)(H,24,27). The first-order chi connectivity index (χ1) is 14.0. The van der Waals surface area contributed by atoms with Crippen LogP contribution in [0, 0.1) is 13.8 Å². The van der Waals surface area contributed by atoms with Gasteiger partial charge in [0.05, 0.1) is 11.3 Å². The van der Waals surface area contributed by atoms with Gasteiger partial charge in [-0.2, -0.15) is 0 Å². The molecule has 2 amide bonds. The molecule has 0 fully saturated rings. The van der Waals surface area contributed by atoms with Gasteiger partial charge in [-0.15, -0.1) is 11.8 Å². The molecule has 0 aliphatic heterocycles. The number of nitrogens with zero attached hydrogens (tertiary/aromatic N) is 1. The average molecular weight is 410 g/mol. The molecule has 0 unspecified atom stereocenters. The van der Waals surface area contributed by atoms with Crippen molar-refractivity contribution >= 4 is 35.0 Å². The Labute approximate surface area is 174 Å². The molecule has 0 spiro atoms. The third-order valence-electron chi connectivity index (χ3n) is 4.41. The van der Waals surface area contributed by atoms with Crippen LogP contribution in [0.5, 0.6) is 0 Å². The number of amides is 2. The fourth-order valence-electron chi connectivity index (χ4n) is 2.76. The summed E-state index contributed by atoms with van der Waals surface area (Å²) in [7, 11) is 0. The van der Waals surface area contributed by atoms with Gasteiger partial charge in [-0.3, -0.25) is 9.59 Å². The van der Waals surface area contributed by atoms with Gasteiger partial charge in [0, 0.05) is 34.0 Å². The minimum Gasteiger partial charge on any atom is -0.361 e. The lowest BCUT2D eigenvalue weighted by Gasteiger charge is -2.11. The summed E-state index contributed by atoms with van der Waals surface area (Å²) in [6, 6.07) is 14.6. The van der Waals surface area contributed by atoms with E-state index in [1.807, 2.05) is 32.0 Å². The molecule has 29 heavy (non-hydrogen) atoms. The van der Waals surface area contributed by atoms with Gasteiger partial charge in [-0.25, -0.2) is 0 Å². The van der Waals surface area contributed by atoms with E-state index in [1.165, 1.54) is 0 Å². The summed E-state index contributed by atoms with van der Waals surface area (Å²) in [5, 5.41) is 9.68. The van der Waals surface area contributed by atoms with Crippen molar-refractivity contribution in [2.75, 3.05) is 10.6 Å². The van der Waals surface area contributed by atoms with Gasteiger partial charge in [0.1, 0.15) is 5.76 Å². The fraction of sp³-hybridized carbons (Fsp3) is 0.227. The highest BCUT2D eigenvalue weighted by atomic mass is 32.2. The third-order valence-corrected chi connectivity index (χ3v) is 5.51. The Morgan fingerprint density at radius 2 is 1.76 bits per heavy atom. The van der Waals surface area contributed by atoms with Crippen LogP contribution in [-0.2, 0) is 10.5 Å². The predicted octanol–water partition coefficient (Wildman–Crippen LogP) is 5.18. The molecule has 0 atom stereocenters. The van der Waals surface area contributed by atoms with Gasteiger partial charge in [0.25, 0.3) is 5.91 Å². The zero-order chi connectivity index (χ0) is 20.8. The van der Waals surface area contributed by atoms with Crippen LogP contribution in [0.25, 0.3) is 0 Å². The first-order valence-corrected chi connectivity index (χ1v) is 10.3. The molecule has 2 N–H and O–H groups in total. The van der Waals surface area contributed by atoms with Crippen molar-refractivity contribution in [3.63, 3.8) is 0 Å². The van der Waals surface area contributed by atoms with Gasteiger partial charge >= 0.3 is 0 Å². The minimum absolute atomic E-state index is 0.0745. The van der Waals surface area contributed by atoms with E-state index < -0.39 is 0 Å². The van der Waals surface area contributed by atoms with E-state index >= 15 is 0 Å². The molecule has 1 aromatic heterocycles. The van der Waals surface area contributed by atoms with E-state index in [-0.39, 0.29) is 11.8 Å². The molecule has 1 heterocycles. The average Bonchev–Trinajstić information content (AvgIpc) is 3.04. The first kappa shape index (κ1) is 20.7. The van der Waals surface area contributed by atoms with E-state index in [0.717, 1.165) is 21.9 Å². The van der Waals surface area contributed by atoms with Gasteiger partial charge in [0.15, 0.2) is 0 Å². The van der Waals surface area contributed by atoms with Crippen LogP contribution in [0.3, 0.4) is 0 Å². The smallest absolute Gasteiger partial charge is 0.256 e. The Morgan fingerprint density at radius 1 is 1.03 bits per heavy atom. The first-order valence-electron chi connectivity index (χ1n) is 9.32. The molecule has 7 heteroatoms. The molecule has 0 saturated heterocycles. The number of hydrogen-bond acceptors (Lipinski definition) is 5. The van der Waals surface area contributed by atoms with Crippen molar-refractivity contribution in [1.29, 1.82) is 0 Å².